The Hall–Kier alpha value is -2.69. The van der Waals surface area contributed by atoms with E-state index in [1.807, 2.05) is 0 Å². The predicted octanol–water partition coefficient (Wildman–Crippen LogP) is 8.16. The molecule has 3 nitrogen and oxygen atoms in total. The summed E-state index contributed by atoms with van der Waals surface area (Å²) in [6.45, 7) is 16.4. The lowest BCUT2D eigenvalue weighted by molar-refractivity contribution is -0.117. The van der Waals surface area contributed by atoms with Crippen LogP contribution in [0, 0.1) is 11.3 Å². The van der Waals surface area contributed by atoms with E-state index >= 15 is 0 Å². The fourth-order valence-electron chi connectivity index (χ4n) is 6.08. The first-order valence-electron chi connectivity index (χ1n) is 14.8. The zero-order valence-corrected chi connectivity index (χ0v) is 27.1. The number of hydrogen-bond acceptors (Lipinski definition) is 3. The maximum absolute atomic E-state index is 12.0. The van der Waals surface area contributed by atoms with Gasteiger partial charge in [-0.2, -0.15) is 0 Å². The van der Waals surface area contributed by atoms with Gasteiger partial charge in [0.05, 0.1) is 13.7 Å². The average molecular weight is 559 g/mol. The van der Waals surface area contributed by atoms with Gasteiger partial charge in [-0.25, -0.2) is 0 Å². The molecule has 2 aromatic rings. The van der Waals surface area contributed by atoms with Gasteiger partial charge < -0.3 is 9.16 Å². The number of allylic oxidation sites excluding steroid dienone is 5. The van der Waals surface area contributed by atoms with Gasteiger partial charge in [-0.3, -0.25) is 4.79 Å². The average Bonchev–Trinajstić information content (AvgIpc) is 2.92. The number of ketones is 1. The molecular weight excluding hydrogens is 508 g/mol. The molecule has 0 unspecified atom stereocenters. The highest BCUT2D eigenvalue weighted by atomic mass is 28.4. The first kappa shape index (κ1) is 31.8. The monoisotopic (exact) mass is 558 g/mol. The second-order valence-corrected chi connectivity index (χ2v) is 17.1. The lowest BCUT2D eigenvalue weighted by atomic mass is 9.67. The second-order valence-electron chi connectivity index (χ2n) is 12.8. The van der Waals surface area contributed by atoms with Gasteiger partial charge in [-0.05, 0) is 60.9 Å². The second kappa shape index (κ2) is 13.8. The summed E-state index contributed by atoms with van der Waals surface area (Å²) in [6.07, 6.45) is 11.0. The van der Waals surface area contributed by atoms with E-state index in [-0.39, 0.29) is 22.2 Å². The van der Waals surface area contributed by atoms with Crippen LogP contribution in [0.4, 0.5) is 0 Å². The lowest BCUT2D eigenvalue weighted by Crippen LogP contribution is -2.66. The molecule has 0 fully saturated rings. The van der Waals surface area contributed by atoms with Crippen LogP contribution in [0.25, 0.3) is 0 Å². The van der Waals surface area contributed by atoms with Gasteiger partial charge in [-0.1, -0.05) is 119 Å². The Labute approximate surface area is 244 Å². The van der Waals surface area contributed by atoms with Crippen molar-refractivity contribution in [2.45, 2.75) is 85.6 Å². The van der Waals surface area contributed by atoms with Gasteiger partial charge in [0.2, 0.25) is 0 Å². The quantitative estimate of drug-likeness (QED) is 0.195. The molecular formula is C36H50O3Si. The molecule has 0 bridgehead atoms. The summed E-state index contributed by atoms with van der Waals surface area (Å²) in [4.78, 5) is 12.0. The topological polar surface area (TPSA) is 35.5 Å². The van der Waals surface area contributed by atoms with Crippen molar-refractivity contribution < 1.29 is 14.0 Å². The van der Waals surface area contributed by atoms with Crippen LogP contribution in [0.2, 0.25) is 5.04 Å². The van der Waals surface area contributed by atoms with E-state index in [0.29, 0.717) is 13.0 Å². The molecule has 216 valence electrons. The summed E-state index contributed by atoms with van der Waals surface area (Å²) in [7, 11) is -0.826. The fourth-order valence-corrected chi connectivity index (χ4v) is 10.6. The summed E-state index contributed by atoms with van der Waals surface area (Å²) in [5.41, 5.74) is 2.67. The predicted molar refractivity (Wildman–Crippen MR) is 172 cm³/mol. The highest BCUT2D eigenvalue weighted by Crippen LogP contribution is 2.45. The van der Waals surface area contributed by atoms with Crippen molar-refractivity contribution in [3.8, 4) is 0 Å². The first-order valence-corrected chi connectivity index (χ1v) is 16.7. The molecule has 1 aliphatic carbocycles. The van der Waals surface area contributed by atoms with E-state index in [9.17, 15) is 4.79 Å². The molecule has 0 radical (unpaired) electrons. The third-order valence-electron chi connectivity index (χ3n) is 8.89. The van der Waals surface area contributed by atoms with Crippen molar-refractivity contribution in [2.24, 2.45) is 11.3 Å². The van der Waals surface area contributed by atoms with E-state index in [4.69, 9.17) is 9.16 Å². The first-order chi connectivity index (χ1) is 18.9. The van der Waals surface area contributed by atoms with Crippen molar-refractivity contribution in [3.05, 3.63) is 95.8 Å². The number of benzene rings is 2. The van der Waals surface area contributed by atoms with Crippen molar-refractivity contribution in [1.29, 1.82) is 0 Å². The van der Waals surface area contributed by atoms with Crippen LogP contribution in [0.15, 0.2) is 95.8 Å². The molecule has 0 saturated carbocycles. The van der Waals surface area contributed by atoms with Crippen LogP contribution in [0.1, 0.15) is 80.6 Å². The van der Waals surface area contributed by atoms with E-state index in [2.05, 4.69) is 121 Å². The SMILES string of the molecule is COC1=CC(=O)C[C@@H](C)[C@]1(C)CC/C(C)=C/CC/C(C)=C/CO[Si](c1ccccc1)(c1ccccc1)C(C)(C)C. The van der Waals surface area contributed by atoms with Crippen molar-refractivity contribution >= 4 is 24.5 Å². The third-order valence-corrected chi connectivity index (χ3v) is 13.9. The van der Waals surface area contributed by atoms with E-state index in [1.54, 1.807) is 13.2 Å². The highest BCUT2D eigenvalue weighted by Gasteiger charge is 2.50. The zero-order valence-electron chi connectivity index (χ0n) is 26.1. The Morgan fingerprint density at radius 2 is 1.50 bits per heavy atom. The third kappa shape index (κ3) is 7.33. The van der Waals surface area contributed by atoms with Crippen LogP contribution in [0.3, 0.4) is 0 Å². The minimum Gasteiger partial charge on any atom is -0.500 e. The minimum absolute atomic E-state index is 0.0189. The number of carbonyl (C=O) groups excluding carboxylic acids is 1. The Balaban J connectivity index is 1.64. The van der Waals surface area contributed by atoms with Gasteiger partial charge in [0.25, 0.3) is 8.32 Å². The highest BCUT2D eigenvalue weighted by molar-refractivity contribution is 6.99. The molecule has 0 heterocycles. The lowest BCUT2D eigenvalue weighted by Gasteiger charge is -2.42. The molecule has 0 amide bonds. The maximum atomic E-state index is 12.0. The largest absolute Gasteiger partial charge is 0.500 e. The van der Waals surface area contributed by atoms with Gasteiger partial charge >= 0.3 is 0 Å². The summed E-state index contributed by atoms with van der Waals surface area (Å²) in [6, 6.07) is 21.7. The number of ether oxygens (including phenoxy) is 1. The molecule has 0 aromatic heterocycles. The summed E-state index contributed by atoms with van der Waals surface area (Å²) < 4.78 is 12.7. The van der Waals surface area contributed by atoms with Crippen LogP contribution in [0.5, 0.6) is 0 Å². The van der Waals surface area contributed by atoms with Crippen LogP contribution in [-0.2, 0) is 14.0 Å². The zero-order chi connectivity index (χ0) is 29.4. The molecule has 4 heteroatoms. The summed E-state index contributed by atoms with van der Waals surface area (Å²) in [5, 5.41) is 2.61. The van der Waals surface area contributed by atoms with Crippen molar-refractivity contribution in [2.75, 3.05) is 13.7 Å². The molecule has 0 saturated heterocycles. The number of methoxy groups -OCH3 is 1. The van der Waals surface area contributed by atoms with Crippen LogP contribution >= 0.6 is 0 Å². The molecule has 3 rings (SSSR count). The summed E-state index contributed by atoms with van der Waals surface area (Å²) >= 11 is 0. The summed E-state index contributed by atoms with van der Waals surface area (Å²) in [5.74, 6) is 1.30. The molecule has 0 aliphatic heterocycles. The van der Waals surface area contributed by atoms with Crippen molar-refractivity contribution in [3.63, 3.8) is 0 Å². The van der Waals surface area contributed by atoms with E-state index in [0.717, 1.165) is 31.4 Å². The normalized spacial score (nSPS) is 20.9. The molecule has 2 atom stereocenters. The van der Waals surface area contributed by atoms with Gasteiger partial charge in [0, 0.05) is 17.9 Å². The Bertz CT molecular complexity index is 1160. The number of hydrogen-bond donors (Lipinski definition) is 0. The van der Waals surface area contributed by atoms with Crippen LogP contribution < -0.4 is 10.4 Å². The minimum atomic E-state index is -2.51. The van der Waals surface area contributed by atoms with Gasteiger partial charge in [0.15, 0.2) is 5.78 Å². The standard InChI is InChI=1S/C36H50O3Si/c1-28(22-24-36(7)30(3)26-31(37)27-34(36)38-8)16-15-17-29(2)23-25-39-40(35(4,5)6,32-18-11-9-12-19-32)33-20-13-10-14-21-33/h9-14,16,18-21,23,27,30H,15,17,22,24-26H2,1-8H3/b28-16+,29-23+/t30-,36+/m1/s1. The molecule has 0 spiro atoms. The Morgan fingerprint density at radius 3 is 2.02 bits per heavy atom. The maximum Gasteiger partial charge on any atom is 0.261 e. The van der Waals surface area contributed by atoms with Gasteiger partial charge in [0.1, 0.15) is 5.76 Å². The van der Waals surface area contributed by atoms with Gasteiger partial charge in [-0.15, -0.1) is 0 Å². The molecule has 2 aromatic carbocycles. The fraction of sp³-hybridized carbons (Fsp3) is 0.472. The number of rotatable bonds is 12. The Kier molecular flexibility index (Phi) is 11.0. The van der Waals surface area contributed by atoms with Crippen molar-refractivity contribution in [1.82, 2.24) is 0 Å². The van der Waals surface area contributed by atoms with E-state index < -0.39 is 8.32 Å². The smallest absolute Gasteiger partial charge is 0.261 e. The molecule has 1 aliphatic rings. The van der Waals surface area contributed by atoms with Crippen LogP contribution in [-0.4, -0.2) is 27.8 Å². The van der Waals surface area contributed by atoms with E-state index in [1.165, 1.54) is 21.5 Å². The Morgan fingerprint density at radius 1 is 0.950 bits per heavy atom. The number of carbonyl (C=O) groups is 1. The molecule has 40 heavy (non-hydrogen) atoms. The molecule has 0 N–H and O–H groups in total.